The molecule has 0 unspecified atom stereocenters. The van der Waals surface area contributed by atoms with E-state index in [-0.39, 0.29) is 0 Å². The minimum Gasteiger partial charge on any atom is -0.310 e. The average molecular weight is 673 g/mol. The van der Waals surface area contributed by atoms with E-state index in [1.807, 2.05) is 6.92 Å². The Balaban J connectivity index is 1.50. The molecule has 52 heavy (non-hydrogen) atoms. The van der Waals surface area contributed by atoms with E-state index >= 15 is 0 Å². The molecule has 0 saturated heterocycles. The molecular formula is C50H44N2. The van der Waals surface area contributed by atoms with Gasteiger partial charge in [0, 0.05) is 44.3 Å². The second kappa shape index (κ2) is 15.7. The number of hydrogen-bond acceptors (Lipinski definition) is 2. The summed E-state index contributed by atoms with van der Waals surface area (Å²) in [5.74, 6) is 0. The Morgan fingerprint density at radius 1 is 0.462 bits per heavy atom. The molecule has 0 aliphatic carbocycles. The molecule has 0 amide bonds. The lowest BCUT2D eigenvalue weighted by molar-refractivity contribution is 1.22. The molecule has 0 aliphatic heterocycles. The van der Waals surface area contributed by atoms with E-state index < -0.39 is 0 Å². The Bertz CT molecular complexity index is 2360. The van der Waals surface area contributed by atoms with E-state index in [1.54, 1.807) is 0 Å². The Morgan fingerprint density at radius 3 is 1.48 bits per heavy atom. The highest BCUT2D eigenvalue weighted by Gasteiger charge is 2.25. The molecule has 0 aliphatic rings. The molecule has 0 heterocycles. The van der Waals surface area contributed by atoms with E-state index in [9.17, 15) is 0 Å². The number of allylic oxidation sites excluding steroid dienone is 7. The van der Waals surface area contributed by atoms with Crippen LogP contribution < -0.4 is 9.80 Å². The summed E-state index contributed by atoms with van der Waals surface area (Å²) >= 11 is 0. The predicted octanol–water partition coefficient (Wildman–Crippen LogP) is 14.7. The molecule has 2 heteroatoms. The van der Waals surface area contributed by atoms with Gasteiger partial charge < -0.3 is 9.80 Å². The lowest BCUT2D eigenvalue weighted by Crippen LogP contribution is -2.17. The fraction of sp³-hybridized carbons (Fsp3) is 0.0800. The molecule has 0 fully saturated rings. The van der Waals surface area contributed by atoms with Gasteiger partial charge in [0.2, 0.25) is 0 Å². The van der Waals surface area contributed by atoms with E-state index in [0.717, 1.165) is 34.1 Å². The van der Waals surface area contributed by atoms with Crippen molar-refractivity contribution in [2.24, 2.45) is 0 Å². The number of fused-ring (bicyclic) bond motifs is 2. The molecule has 0 N–H and O–H groups in total. The van der Waals surface area contributed by atoms with Crippen LogP contribution in [0.25, 0.3) is 38.2 Å². The molecule has 0 atom stereocenters. The van der Waals surface area contributed by atoms with Gasteiger partial charge in [0.25, 0.3) is 0 Å². The minimum atomic E-state index is 1.10. The molecule has 7 aromatic carbocycles. The van der Waals surface area contributed by atoms with Gasteiger partial charge in [0.15, 0.2) is 0 Å². The minimum absolute atomic E-state index is 1.10. The molecule has 0 spiro atoms. The van der Waals surface area contributed by atoms with Crippen LogP contribution in [0.2, 0.25) is 0 Å². The van der Waals surface area contributed by atoms with Crippen LogP contribution in [-0.4, -0.2) is 0 Å². The van der Waals surface area contributed by atoms with E-state index in [0.29, 0.717) is 0 Å². The van der Waals surface area contributed by atoms with Gasteiger partial charge in [-0.25, -0.2) is 0 Å². The highest BCUT2D eigenvalue weighted by atomic mass is 15.2. The van der Waals surface area contributed by atoms with Crippen molar-refractivity contribution in [2.75, 3.05) is 9.80 Å². The van der Waals surface area contributed by atoms with Gasteiger partial charge in [0.1, 0.15) is 0 Å². The van der Waals surface area contributed by atoms with Gasteiger partial charge in [0.05, 0.1) is 11.4 Å². The second-order valence-corrected chi connectivity index (χ2v) is 12.8. The maximum Gasteiger partial charge on any atom is 0.0619 e. The first-order chi connectivity index (χ1) is 25.6. The first-order valence-corrected chi connectivity index (χ1v) is 18.1. The Kier molecular flexibility index (Phi) is 10.3. The zero-order valence-corrected chi connectivity index (χ0v) is 30.4. The third-order valence-electron chi connectivity index (χ3n) is 9.58. The summed E-state index contributed by atoms with van der Waals surface area (Å²) < 4.78 is 0. The molecule has 7 aromatic rings. The van der Waals surface area contributed by atoms with Crippen molar-refractivity contribution in [3.05, 3.63) is 205 Å². The van der Waals surface area contributed by atoms with E-state index in [4.69, 9.17) is 0 Å². The van der Waals surface area contributed by atoms with Crippen molar-refractivity contribution < 1.29 is 0 Å². The molecular weight excluding hydrogens is 629 g/mol. The quantitative estimate of drug-likeness (QED) is 0.0810. The Morgan fingerprint density at radius 2 is 0.942 bits per heavy atom. The highest BCUT2D eigenvalue weighted by molar-refractivity contribution is 6.22. The maximum atomic E-state index is 2.42. The van der Waals surface area contributed by atoms with Crippen molar-refractivity contribution in [1.29, 1.82) is 0 Å². The molecule has 0 bridgehead atoms. The van der Waals surface area contributed by atoms with Crippen LogP contribution in [0, 0.1) is 0 Å². The van der Waals surface area contributed by atoms with Gasteiger partial charge in [-0.15, -0.1) is 0 Å². The van der Waals surface area contributed by atoms with Crippen LogP contribution in [-0.2, 0) is 0 Å². The monoisotopic (exact) mass is 672 g/mol. The van der Waals surface area contributed by atoms with Gasteiger partial charge >= 0.3 is 0 Å². The lowest BCUT2D eigenvalue weighted by Gasteiger charge is -2.33. The molecule has 0 radical (unpaired) electrons. The summed E-state index contributed by atoms with van der Waals surface area (Å²) in [6, 6.07) is 57.0. The number of nitrogens with zero attached hydrogens (tertiary/aromatic N) is 2. The predicted molar refractivity (Wildman–Crippen MR) is 227 cm³/mol. The van der Waals surface area contributed by atoms with E-state index in [2.05, 4.69) is 225 Å². The van der Waals surface area contributed by atoms with Crippen molar-refractivity contribution in [3.8, 4) is 11.1 Å². The number of para-hydroxylation sites is 1. The fourth-order valence-electron chi connectivity index (χ4n) is 7.07. The zero-order valence-electron chi connectivity index (χ0n) is 30.4. The van der Waals surface area contributed by atoms with Crippen molar-refractivity contribution >= 4 is 55.6 Å². The molecule has 7 rings (SSSR count). The smallest absolute Gasteiger partial charge is 0.0619 e. The fourth-order valence-corrected chi connectivity index (χ4v) is 7.07. The number of rotatable bonds is 10. The SMILES string of the molecule is C/C=C\C=C(/C)c1ccc(N(c2ccccc2)c2c3ccccc3c(N(C(/C=C\C)=C/C)c3ccc(-c4ccccc4)cc3)c3ccccc23)cc1. The molecule has 0 saturated carbocycles. The number of hydrogen-bond donors (Lipinski definition) is 0. The maximum absolute atomic E-state index is 2.42. The standard InChI is InChI=1S/C50H44N2/c1-5-8-20-37(4)38-29-33-44(34-30-38)52(42-23-13-10-14-24-42)50-47-27-17-15-25-45(47)49(46-26-16-18-28-48(46)50)51(41(7-3)19-6-2)43-35-31-40(32-36-43)39-21-11-9-12-22-39/h5-36H,1-4H3/b8-5-,19-6-,37-20+,41-7+. The summed E-state index contributed by atoms with van der Waals surface area (Å²) in [4.78, 5) is 4.84. The third-order valence-corrected chi connectivity index (χ3v) is 9.58. The van der Waals surface area contributed by atoms with E-state index in [1.165, 1.54) is 43.8 Å². The summed E-state index contributed by atoms with van der Waals surface area (Å²) in [6.07, 6.45) is 12.8. The van der Waals surface area contributed by atoms with Gasteiger partial charge in [-0.3, -0.25) is 0 Å². The summed E-state index contributed by atoms with van der Waals surface area (Å²) in [5.41, 5.74) is 11.6. The molecule has 254 valence electrons. The largest absolute Gasteiger partial charge is 0.310 e. The first kappa shape index (κ1) is 34.1. The highest BCUT2D eigenvalue weighted by Crippen LogP contribution is 2.50. The summed E-state index contributed by atoms with van der Waals surface area (Å²) in [5, 5.41) is 4.70. The first-order valence-electron chi connectivity index (χ1n) is 18.1. The van der Waals surface area contributed by atoms with Crippen molar-refractivity contribution in [3.63, 3.8) is 0 Å². The van der Waals surface area contributed by atoms with Crippen LogP contribution in [0.15, 0.2) is 200 Å². The summed E-state index contributed by atoms with van der Waals surface area (Å²) in [6.45, 7) is 8.42. The molecule has 0 aromatic heterocycles. The van der Waals surface area contributed by atoms with Gasteiger partial charge in [-0.1, -0.05) is 152 Å². The van der Waals surface area contributed by atoms with Crippen molar-refractivity contribution in [2.45, 2.75) is 27.7 Å². The topological polar surface area (TPSA) is 6.48 Å². The molecule has 2 nitrogen and oxygen atoms in total. The lowest BCUT2D eigenvalue weighted by atomic mass is 9.95. The zero-order chi connectivity index (χ0) is 35.9. The summed E-state index contributed by atoms with van der Waals surface area (Å²) in [7, 11) is 0. The van der Waals surface area contributed by atoms with Crippen LogP contribution in [0.1, 0.15) is 33.3 Å². The number of benzene rings is 7. The average Bonchev–Trinajstić information content (AvgIpc) is 3.21. The third kappa shape index (κ3) is 6.72. The second-order valence-electron chi connectivity index (χ2n) is 12.8. The van der Waals surface area contributed by atoms with Crippen molar-refractivity contribution in [1.82, 2.24) is 0 Å². The Labute approximate surface area is 308 Å². The van der Waals surface area contributed by atoms with Crippen LogP contribution in [0.5, 0.6) is 0 Å². The van der Waals surface area contributed by atoms with Crippen LogP contribution >= 0.6 is 0 Å². The number of anilines is 5. The normalized spacial score (nSPS) is 12.3. The van der Waals surface area contributed by atoms with Gasteiger partial charge in [-0.05, 0) is 92.4 Å². The van der Waals surface area contributed by atoms with Crippen LogP contribution in [0.4, 0.5) is 28.4 Å². The Hall–Kier alpha value is -6.38. The van der Waals surface area contributed by atoms with Gasteiger partial charge in [-0.2, -0.15) is 0 Å². The van der Waals surface area contributed by atoms with Crippen LogP contribution in [0.3, 0.4) is 0 Å².